The van der Waals surface area contributed by atoms with E-state index in [1.165, 1.54) is 4.57 Å². The third kappa shape index (κ3) is 5.19. The van der Waals surface area contributed by atoms with E-state index in [9.17, 15) is 14.7 Å². The molecule has 1 saturated heterocycles. The van der Waals surface area contributed by atoms with Crippen LogP contribution in [0.25, 0.3) is 10.9 Å². The molecule has 13 heteroatoms. The summed E-state index contributed by atoms with van der Waals surface area (Å²) >= 11 is 0. The Balaban J connectivity index is 0.00000240. The van der Waals surface area contributed by atoms with E-state index in [1.807, 2.05) is 13.8 Å². The zero-order valence-corrected chi connectivity index (χ0v) is 21.5. The Hall–Kier alpha value is -1.07. The molecule has 1 saturated carbocycles. The molecule has 2 fully saturated rings. The van der Waals surface area contributed by atoms with E-state index in [-0.39, 0.29) is 88.9 Å². The van der Waals surface area contributed by atoms with Crippen LogP contribution in [0, 0.1) is 11.6 Å². The van der Waals surface area contributed by atoms with Crippen molar-refractivity contribution in [2.45, 2.75) is 44.8 Å². The number of nitrogens with one attached hydrogen (secondary N) is 1. The Bertz CT molecular complexity index is 1060. The maximum Gasteiger partial charge on any atom is 3.00 e. The zero-order valence-electron chi connectivity index (χ0n) is 17.1. The maximum absolute atomic E-state index is 15.6. The molecule has 0 bridgehead atoms. The molecule has 1 aliphatic heterocycles. The van der Waals surface area contributed by atoms with Crippen molar-refractivity contribution >= 4 is 28.2 Å². The Labute approximate surface area is 217 Å². The summed E-state index contributed by atoms with van der Waals surface area (Å²) in [5, 5.41) is 12.2. The fraction of sp³-hybridized carbons (Fsp3) is 0.474. The van der Waals surface area contributed by atoms with Gasteiger partial charge < -0.3 is 62.8 Å². The number of aromatic nitrogens is 1. The van der Waals surface area contributed by atoms with E-state index in [2.05, 4.69) is 5.32 Å². The van der Waals surface area contributed by atoms with Gasteiger partial charge in [-0.1, -0.05) is 0 Å². The second-order valence-electron chi connectivity index (χ2n) is 7.80. The number of nitrogens with two attached hydrogens (primary N) is 1. The van der Waals surface area contributed by atoms with E-state index in [0.29, 0.717) is 13.1 Å². The molecule has 0 amide bonds. The molecule has 1 aromatic heterocycles. The summed E-state index contributed by atoms with van der Waals surface area (Å²) in [4.78, 5) is 25.7. The first-order chi connectivity index (χ1) is 13.2. The molecular weight excluding hydrogens is 674 g/mol. The van der Waals surface area contributed by atoms with Crippen molar-refractivity contribution in [2.75, 3.05) is 23.7 Å². The summed E-state index contributed by atoms with van der Waals surface area (Å²) in [6.45, 7) is 4.60. The number of halogens is 5. The van der Waals surface area contributed by atoms with Crippen LogP contribution in [0.5, 0.6) is 0 Å². The number of carboxylic acids is 1. The minimum atomic E-state index is -1.45. The minimum Gasteiger partial charge on any atom is -1.00 e. The number of piperazine rings is 1. The monoisotopic (exact) mass is 694 g/mol. The van der Waals surface area contributed by atoms with Gasteiger partial charge in [-0.15, -0.1) is 0 Å². The molecular formula is C19H22AuCl3F2N4O3. The predicted octanol–water partition coefficient (Wildman–Crippen LogP) is -6.91. The first-order valence-electron chi connectivity index (χ1n) is 9.30. The van der Waals surface area contributed by atoms with Gasteiger partial charge in [-0.05, 0) is 26.7 Å². The number of fused-ring (bicyclic) bond motifs is 1. The topological polar surface area (TPSA) is 101 Å². The van der Waals surface area contributed by atoms with E-state index in [1.54, 1.807) is 4.90 Å². The Morgan fingerprint density at radius 1 is 1.12 bits per heavy atom. The second-order valence-corrected chi connectivity index (χ2v) is 7.80. The summed E-state index contributed by atoms with van der Waals surface area (Å²) in [6.07, 6.45) is 2.60. The van der Waals surface area contributed by atoms with Gasteiger partial charge in [0.2, 0.25) is 5.43 Å². The second kappa shape index (κ2) is 11.4. The van der Waals surface area contributed by atoms with Crippen LogP contribution in [0.15, 0.2) is 11.0 Å². The Morgan fingerprint density at radius 2 is 1.66 bits per heavy atom. The third-order valence-corrected chi connectivity index (χ3v) is 5.41. The number of nitrogens with zero attached hydrogens (tertiary/aromatic N) is 2. The van der Waals surface area contributed by atoms with Crippen LogP contribution in [0.1, 0.15) is 43.1 Å². The van der Waals surface area contributed by atoms with Crippen LogP contribution >= 0.6 is 0 Å². The molecule has 4 rings (SSSR count). The van der Waals surface area contributed by atoms with Crippen molar-refractivity contribution in [1.82, 2.24) is 9.88 Å². The number of pyridine rings is 1. The van der Waals surface area contributed by atoms with Crippen LogP contribution in [0.4, 0.5) is 20.2 Å². The van der Waals surface area contributed by atoms with E-state index >= 15 is 8.78 Å². The van der Waals surface area contributed by atoms with Crippen molar-refractivity contribution in [1.29, 1.82) is 0 Å². The van der Waals surface area contributed by atoms with Gasteiger partial charge in [0, 0.05) is 37.4 Å². The first-order valence-corrected chi connectivity index (χ1v) is 9.30. The largest absolute Gasteiger partial charge is 3.00 e. The molecule has 2 aliphatic rings. The average Bonchev–Trinajstić information content (AvgIpc) is 3.43. The quantitative estimate of drug-likeness (QED) is 0.218. The fourth-order valence-corrected chi connectivity index (χ4v) is 4.13. The Kier molecular flexibility index (Phi) is 11.0. The first kappa shape index (κ1) is 30.9. The van der Waals surface area contributed by atoms with Gasteiger partial charge in [-0.25, -0.2) is 13.6 Å². The molecule has 32 heavy (non-hydrogen) atoms. The van der Waals surface area contributed by atoms with E-state index in [4.69, 9.17) is 5.73 Å². The minimum absolute atomic E-state index is 0. The van der Waals surface area contributed by atoms with Crippen molar-refractivity contribution in [2.24, 2.45) is 0 Å². The van der Waals surface area contributed by atoms with Crippen molar-refractivity contribution in [3.8, 4) is 0 Å². The van der Waals surface area contributed by atoms with Crippen molar-refractivity contribution in [3.63, 3.8) is 0 Å². The number of rotatable bonds is 3. The summed E-state index contributed by atoms with van der Waals surface area (Å²) in [5.74, 6) is -3.34. The van der Waals surface area contributed by atoms with Gasteiger partial charge in [0.05, 0.1) is 16.6 Å². The number of benzene rings is 1. The van der Waals surface area contributed by atoms with Crippen LogP contribution in [-0.4, -0.2) is 40.8 Å². The molecule has 4 N–H and O–H groups in total. The molecule has 2 aromatic rings. The van der Waals surface area contributed by atoms with E-state index in [0.717, 1.165) is 19.0 Å². The normalized spacial score (nSPS) is 19.8. The molecule has 0 radical (unpaired) electrons. The van der Waals surface area contributed by atoms with Gasteiger partial charge in [0.1, 0.15) is 11.3 Å². The van der Waals surface area contributed by atoms with Crippen LogP contribution in [0.3, 0.4) is 0 Å². The van der Waals surface area contributed by atoms with Crippen molar-refractivity contribution in [3.05, 3.63) is 33.6 Å². The summed E-state index contributed by atoms with van der Waals surface area (Å²) in [7, 11) is 0. The fourth-order valence-electron chi connectivity index (χ4n) is 4.13. The number of carbonyl (C=O) groups is 1. The molecule has 182 valence electrons. The predicted molar refractivity (Wildman–Crippen MR) is 102 cm³/mol. The van der Waals surface area contributed by atoms with Crippen LogP contribution in [-0.2, 0) is 22.4 Å². The molecule has 7 nitrogen and oxygen atoms in total. The number of anilines is 2. The van der Waals surface area contributed by atoms with Gasteiger partial charge in [-0.3, -0.25) is 4.79 Å². The number of hydrogen-bond donors (Lipinski definition) is 3. The molecule has 2 heterocycles. The van der Waals surface area contributed by atoms with Crippen LogP contribution < -0.4 is 58.6 Å². The maximum atomic E-state index is 15.6. The van der Waals surface area contributed by atoms with Crippen LogP contribution in [0.2, 0.25) is 0 Å². The van der Waals surface area contributed by atoms with Gasteiger partial charge in [0.25, 0.3) is 0 Å². The van der Waals surface area contributed by atoms with Gasteiger partial charge in [0.15, 0.2) is 11.6 Å². The number of carboxylic acid groups (broad SMARTS) is 1. The third-order valence-electron chi connectivity index (χ3n) is 5.41. The SMILES string of the molecule is C[C@@H]1CN(c2c(F)c(N)c3c(=O)c(C(=O)O)cn(C4CC4)c3c2F)C[C@H](C)N1.[Au+3].[Cl-].[Cl-].[Cl-]. The molecule has 1 aliphatic carbocycles. The van der Waals surface area contributed by atoms with Gasteiger partial charge in [-0.2, -0.15) is 0 Å². The standard InChI is InChI=1S/C19H22F2N4O3.Au.3ClH/c1-8-5-24(6-9(2)23-8)17-13(20)15(22)12-16(14(17)21)25(10-3-4-10)7-11(18(12)26)19(27)28;;;;/h7-10,23H,3-6,22H2,1-2H3,(H,27,28);;3*1H/q;+3;;;/p-3/t8-,9+;;;;. The summed E-state index contributed by atoms with van der Waals surface area (Å²) < 4.78 is 32.2. The summed E-state index contributed by atoms with van der Waals surface area (Å²) in [6, 6.07) is -0.103. The molecule has 1 aromatic carbocycles. The van der Waals surface area contributed by atoms with Gasteiger partial charge >= 0.3 is 28.3 Å². The zero-order chi connectivity index (χ0) is 20.3. The van der Waals surface area contributed by atoms with Crippen molar-refractivity contribution < 1.29 is 78.3 Å². The smallest absolute Gasteiger partial charge is 1.00 e. The number of nitrogen functional groups attached to an aromatic ring is 1. The number of hydrogen-bond acceptors (Lipinski definition) is 5. The average molecular weight is 696 g/mol. The molecule has 0 spiro atoms. The Morgan fingerprint density at radius 3 is 2.12 bits per heavy atom. The molecule has 0 unspecified atom stereocenters. The molecule has 2 atom stereocenters. The van der Waals surface area contributed by atoms with E-state index < -0.39 is 39.7 Å². The number of aromatic carboxylic acids is 1. The summed E-state index contributed by atoms with van der Waals surface area (Å²) in [5.41, 5.74) is 3.54.